The van der Waals surface area contributed by atoms with Crippen molar-refractivity contribution in [2.45, 2.75) is 76.8 Å². The predicted octanol–water partition coefficient (Wildman–Crippen LogP) is 5.76. The molecule has 2 N–H and O–H groups in total. The van der Waals surface area contributed by atoms with E-state index in [9.17, 15) is 9.59 Å². The van der Waals surface area contributed by atoms with Crippen molar-refractivity contribution in [1.29, 1.82) is 0 Å². The van der Waals surface area contributed by atoms with E-state index in [2.05, 4.69) is 17.6 Å². The average molecular weight is 617 g/mol. The molecule has 1 saturated heterocycles. The summed E-state index contributed by atoms with van der Waals surface area (Å²) in [5.41, 5.74) is 3.23. The number of anilines is 1. The highest BCUT2D eigenvalue weighted by Crippen LogP contribution is 2.55. The Kier molecular flexibility index (Phi) is 7.78. The number of nitrogens with zero attached hydrogens (tertiary/aromatic N) is 2. The highest BCUT2D eigenvalue weighted by atomic mass is 16.5. The molecule has 3 heterocycles. The molecule has 0 radical (unpaired) electrons. The van der Waals surface area contributed by atoms with Crippen molar-refractivity contribution in [3.8, 4) is 23.0 Å². The second-order valence-corrected chi connectivity index (χ2v) is 13.9. The minimum absolute atomic E-state index is 0.0264. The monoisotopic (exact) mass is 616 g/mol. The number of fused-ring (bicyclic) bond motifs is 3. The molecule has 2 aliphatic carbocycles. The average Bonchev–Trinajstić information content (AvgIpc) is 3.95. The number of unbranched alkanes of at least 4 members (excludes halogenated alkanes) is 2. The molecule has 2 aromatic carbocycles. The number of hydrogen-bond acceptors (Lipinski definition) is 8. The van der Waals surface area contributed by atoms with Gasteiger partial charge in [-0.25, -0.2) is 0 Å². The number of ether oxygens (including phenoxy) is 4. The van der Waals surface area contributed by atoms with Gasteiger partial charge in [0, 0.05) is 37.5 Å². The first-order valence-corrected chi connectivity index (χ1v) is 16.4. The fraction of sp³-hybridized carbons (Fsp3) is 0.571. The van der Waals surface area contributed by atoms with Gasteiger partial charge in [-0.3, -0.25) is 14.6 Å². The lowest BCUT2D eigenvalue weighted by atomic mass is 9.99. The molecule has 7 rings (SSSR count). The normalized spacial score (nSPS) is 23.1. The number of rotatable bonds is 12. The summed E-state index contributed by atoms with van der Waals surface area (Å²) in [4.78, 5) is 33.0. The first kappa shape index (κ1) is 29.7. The number of carbonyl (C=O) groups excluding carboxylic acids is 2. The molecule has 2 atom stereocenters. The van der Waals surface area contributed by atoms with Crippen LogP contribution in [0.4, 0.5) is 11.4 Å². The third-order valence-electron chi connectivity index (χ3n) is 10.2. The largest absolute Gasteiger partial charge is 0.493 e. The summed E-state index contributed by atoms with van der Waals surface area (Å²) in [5.74, 6) is 2.26. The summed E-state index contributed by atoms with van der Waals surface area (Å²) in [7, 11) is 3.19. The van der Waals surface area contributed by atoms with E-state index >= 15 is 0 Å². The van der Waals surface area contributed by atoms with E-state index in [0.717, 1.165) is 44.3 Å². The van der Waals surface area contributed by atoms with Gasteiger partial charge in [0.25, 0.3) is 11.8 Å². The molecule has 10 nitrogen and oxygen atoms in total. The van der Waals surface area contributed by atoms with E-state index in [1.54, 1.807) is 26.4 Å². The van der Waals surface area contributed by atoms with Crippen LogP contribution < -0.4 is 29.6 Å². The molecule has 0 aromatic heterocycles. The Bertz CT molecular complexity index is 1510. The molecule has 0 bridgehead atoms. The third kappa shape index (κ3) is 6.16. The summed E-state index contributed by atoms with van der Waals surface area (Å²) in [6.45, 7) is 4.81. The molecule has 10 heteroatoms. The van der Waals surface area contributed by atoms with Crippen LogP contribution in [0.5, 0.6) is 23.0 Å². The van der Waals surface area contributed by atoms with Gasteiger partial charge in [0.2, 0.25) is 0 Å². The number of amides is 2. The van der Waals surface area contributed by atoms with Crippen LogP contribution in [0.15, 0.2) is 29.3 Å². The summed E-state index contributed by atoms with van der Waals surface area (Å²) in [5, 5.41) is 6.64. The fourth-order valence-electron chi connectivity index (χ4n) is 7.01. The second kappa shape index (κ2) is 11.8. The van der Waals surface area contributed by atoms with Crippen LogP contribution in [0, 0.1) is 10.8 Å². The van der Waals surface area contributed by atoms with Gasteiger partial charge < -0.3 is 34.5 Å². The van der Waals surface area contributed by atoms with E-state index in [-0.39, 0.29) is 23.9 Å². The molecule has 2 saturated carbocycles. The molecule has 1 spiro atoms. The van der Waals surface area contributed by atoms with Crippen molar-refractivity contribution in [2.75, 3.05) is 45.8 Å². The number of aliphatic imine (C=N–C) groups is 1. The van der Waals surface area contributed by atoms with E-state index < -0.39 is 0 Å². The van der Waals surface area contributed by atoms with Crippen molar-refractivity contribution < 1.29 is 28.5 Å². The van der Waals surface area contributed by atoms with Crippen molar-refractivity contribution in [3.05, 3.63) is 35.4 Å². The topological polar surface area (TPSA) is 111 Å². The Morgan fingerprint density at radius 3 is 2.24 bits per heavy atom. The summed E-state index contributed by atoms with van der Waals surface area (Å²) >= 11 is 0. The molecule has 2 aromatic rings. The molecule has 240 valence electrons. The second-order valence-electron chi connectivity index (χ2n) is 13.9. The molecule has 2 amide bonds. The number of carbonyl (C=O) groups is 2. The van der Waals surface area contributed by atoms with Gasteiger partial charge in [0.1, 0.15) is 0 Å². The molecule has 5 aliphatic rings. The van der Waals surface area contributed by atoms with E-state index in [0.29, 0.717) is 70.4 Å². The van der Waals surface area contributed by atoms with Crippen LogP contribution in [0.3, 0.4) is 0 Å². The van der Waals surface area contributed by atoms with Crippen LogP contribution in [0.2, 0.25) is 0 Å². The van der Waals surface area contributed by atoms with Crippen molar-refractivity contribution in [1.82, 2.24) is 10.2 Å². The van der Waals surface area contributed by atoms with E-state index in [4.69, 9.17) is 23.9 Å². The maximum absolute atomic E-state index is 13.4. The lowest BCUT2D eigenvalue weighted by Crippen LogP contribution is -2.38. The van der Waals surface area contributed by atoms with Crippen LogP contribution in [0.1, 0.15) is 85.4 Å². The summed E-state index contributed by atoms with van der Waals surface area (Å²) in [6.07, 6.45) is 11.3. The van der Waals surface area contributed by atoms with Gasteiger partial charge in [-0.1, -0.05) is 6.92 Å². The Labute approximate surface area is 264 Å². The minimum atomic E-state index is -0.0783. The first-order chi connectivity index (χ1) is 21.8. The van der Waals surface area contributed by atoms with E-state index in [1.807, 2.05) is 23.2 Å². The minimum Gasteiger partial charge on any atom is -0.493 e. The maximum Gasteiger partial charge on any atom is 0.256 e. The van der Waals surface area contributed by atoms with Crippen molar-refractivity contribution in [2.24, 2.45) is 15.8 Å². The highest BCUT2D eigenvalue weighted by Gasteiger charge is 2.53. The zero-order chi connectivity index (χ0) is 31.2. The molecule has 3 aliphatic heterocycles. The molecule has 3 fully saturated rings. The Morgan fingerprint density at radius 2 is 1.58 bits per heavy atom. The molecule has 2 unspecified atom stereocenters. The zero-order valence-electron chi connectivity index (χ0n) is 26.6. The molecular weight excluding hydrogens is 572 g/mol. The van der Waals surface area contributed by atoms with Crippen molar-refractivity contribution in [3.63, 3.8) is 0 Å². The van der Waals surface area contributed by atoms with Gasteiger partial charge in [0.05, 0.1) is 56.0 Å². The summed E-state index contributed by atoms with van der Waals surface area (Å²) < 4.78 is 23.4. The maximum atomic E-state index is 13.4. The van der Waals surface area contributed by atoms with E-state index in [1.165, 1.54) is 25.7 Å². The molecule has 45 heavy (non-hydrogen) atoms. The number of nitrogens with one attached hydrogen (secondary N) is 2. The van der Waals surface area contributed by atoms with Crippen LogP contribution in [-0.4, -0.2) is 75.5 Å². The Hall–Kier alpha value is -3.95. The first-order valence-electron chi connectivity index (χ1n) is 16.4. The lowest BCUT2D eigenvalue weighted by molar-refractivity contribution is 0.0767. The van der Waals surface area contributed by atoms with Crippen LogP contribution in [-0.2, 0) is 0 Å². The smallest absolute Gasteiger partial charge is 0.256 e. The van der Waals surface area contributed by atoms with Crippen LogP contribution >= 0.6 is 0 Å². The fourth-order valence-corrected chi connectivity index (χ4v) is 7.01. The Morgan fingerprint density at radius 1 is 0.889 bits per heavy atom. The van der Waals surface area contributed by atoms with Gasteiger partial charge in [0.15, 0.2) is 23.0 Å². The number of benzene rings is 2. The van der Waals surface area contributed by atoms with Gasteiger partial charge >= 0.3 is 0 Å². The predicted molar refractivity (Wildman–Crippen MR) is 172 cm³/mol. The third-order valence-corrected chi connectivity index (χ3v) is 10.2. The van der Waals surface area contributed by atoms with Crippen molar-refractivity contribution >= 4 is 29.4 Å². The molecular formula is C35H44N4O6. The van der Waals surface area contributed by atoms with Gasteiger partial charge in [-0.15, -0.1) is 0 Å². The zero-order valence-corrected chi connectivity index (χ0v) is 26.6. The number of hydrogen-bond donors (Lipinski definition) is 2. The SMILES string of the molecule is COc1cc2c(cc1OCCCCCOc1cc3c(cc1OC)C(=O)NC(CC1(C)CC1)CN3)N=CC1CC3(CC3)CN1C2=O. The number of methoxy groups -OCH3 is 2. The lowest BCUT2D eigenvalue weighted by Gasteiger charge is -2.21. The van der Waals surface area contributed by atoms with Gasteiger partial charge in [-0.05, 0) is 80.8 Å². The highest BCUT2D eigenvalue weighted by molar-refractivity contribution is 6.04. The Balaban J connectivity index is 0.901. The standard InChI is InChI=1S/C35H44N4O6/c1-34(7-8-34)17-22-19-36-26-15-30(28(42-2)13-24(26)32(40)38-22)44-11-5-4-6-12-45-31-16-27-25(14-29(31)43-3)33(41)39-21-35(9-10-35)18-23(39)20-37-27/h13-16,20,22-23,36H,4-12,17-19,21H2,1-3H3,(H,38,40). The van der Waals surface area contributed by atoms with Crippen LogP contribution in [0.25, 0.3) is 0 Å². The summed E-state index contributed by atoms with van der Waals surface area (Å²) in [6, 6.07) is 7.42. The quantitative estimate of drug-likeness (QED) is 0.292. The van der Waals surface area contributed by atoms with Gasteiger partial charge in [-0.2, -0.15) is 0 Å².